The first-order chi connectivity index (χ1) is 10.6. The van der Waals surface area contributed by atoms with Crippen LogP contribution in [0.1, 0.15) is 52.3 Å². The molecule has 0 radical (unpaired) electrons. The molecule has 6 nitrogen and oxygen atoms in total. The Morgan fingerprint density at radius 3 is 2.68 bits per heavy atom. The first-order valence-electron chi connectivity index (χ1n) is 8.47. The SMILES string of the molecule is CCn1cnnc1CNC(=NC)NC1CCC(C(C)C)CC1. The molecule has 2 rings (SSSR count). The lowest BCUT2D eigenvalue weighted by Gasteiger charge is -2.32. The van der Waals surface area contributed by atoms with E-state index in [1.165, 1.54) is 25.7 Å². The predicted octanol–water partition coefficient (Wildman–Crippen LogP) is 2.18. The zero-order valence-corrected chi connectivity index (χ0v) is 14.3. The fourth-order valence-corrected chi connectivity index (χ4v) is 3.16. The van der Waals surface area contributed by atoms with Crippen molar-refractivity contribution < 1.29 is 0 Å². The molecule has 0 spiro atoms. The fraction of sp³-hybridized carbons (Fsp3) is 0.812. The van der Waals surface area contributed by atoms with E-state index in [2.05, 4.69) is 46.6 Å². The third kappa shape index (κ3) is 4.45. The molecule has 6 heteroatoms. The maximum Gasteiger partial charge on any atom is 0.191 e. The van der Waals surface area contributed by atoms with Gasteiger partial charge in [-0.15, -0.1) is 10.2 Å². The minimum Gasteiger partial charge on any atom is -0.354 e. The molecule has 1 aromatic rings. The Bertz CT molecular complexity index is 471. The largest absolute Gasteiger partial charge is 0.354 e. The van der Waals surface area contributed by atoms with E-state index >= 15 is 0 Å². The van der Waals surface area contributed by atoms with Gasteiger partial charge in [0.05, 0.1) is 6.54 Å². The van der Waals surface area contributed by atoms with E-state index in [0.29, 0.717) is 12.6 Å². The molecule has 0 atom stereocenters. The van der Waals surface area contributed by atoms with Crippen molar-refractivity contribution >= 4 is 5.96 Å². The summed E-state index contributed by atoms with van der Waals surface area (Å²) in [5.41, 5.74) is 0. The zero-order valence-electron chi connectivity index (χ0n) is 14.3. The Kier molecular flexibility index (Phi) is 6.21. The fourth-order valence-electron chi connectivity index (χ4n) is 3.16. The van der Waals surface area contributed by atoms with E-state index in [1.54, 1.807) is 6.33 Å². The van der Waals surface area contributed by atoms with Gasteiger partial charge < -0.3 is 15.2 Å². The highest BCUT2D eigenvalue weighted by Crippen LogP contribution is 2.29. The van der Waals surface area contributed by atoms with Gasteiger partial charge in [-0.05, 0) is 44.4 Å². The van der Waals surface area contributed by atoms with Gasteiger partial charge in [0.1, 0.15) is 6.33 Å². The maximum absolute atomic E-state index is 4.33. The van der Waals surface area contributed by atoms with Crippen LogP contribution in [0.5, 0.6) is 0 Å². The minimum atomic E-state index is 0.533. The van der Waals surface area contributed by atoms with Crippen molar-refractivity contribution in [2.45, 2.75) is 65.6 Å². The molecule has 0 unspecified atom stereocenters. The summed E-state index contributed by atoms with van der Waals surface area (Å²) in [6.07, 6.45) is 6.86. The molecule has 1 aliphatic carbocycles. The van der Waals surface area contributed by atoms with Crippen LogP contribution in [-0.4, -0.2) is 33.8 Å². The highest BCUT2D eigenvalue weighted by molar-refractivity contribution is 5.79. The topological polar surface area (TPSA) is 67.1 Å². The Balaban J connectivity index is 1.79. The molecule has 22 heavy (non-hydrogen) atoms. The summed E-state index contributed by atoms with van der Waals surface area (Å²) in [6.45, 7) is 8.29. The van der Waals surface area contributed by atoms with Crippen LogP contribution >= 0.6 is 0 Å². The van der Waals surface area contributed by atoms with Crippen LogP contribution in [-0.2, 0) is 13.1 Å². The van der Waals surface area contributed by atoms with Gasteiger partial charge in [0.15, 0.2) is 11.8 Å². The predicted molar refractivity (Wildman–Crippen MR) is 89.6 cm³/mol. The molecule has 1 aromatic heterocycles. The molecule has 1 heterocycles. The van der Waals surface area contributed by atoms with Crippen LogP contribution in [0.4, 0.5) is 0 Å². The molecule has 0 aliphatic heterocycles. The second-order valence-electron chi connectivity index (χ2n) is 6.46. The van der Waals surface area contributed by atoms with E-state index in [0.717, 1.165) is 30.2 Å². The van der Waals surface area contributed by atoms with E-state index in [9.17, 15) is 0 Å². The Hall–Kier alpha value is -1.59. The Labute approximate surface area is 133 Å². The number of hydrogen-bond donors (Lipinski definition) is 2. The van der Waals surface area contributed by atoms with E-state index < -0.39 is 0 Å². The molecule has 2 N–H and O–H groups in total. The highest BCUT2D eigenvalue weighted by Gasteiger charge is 2.23. The second-order valence-corrected chi connectivity index (χ2v) is 6.46. The zero-order chi connectivity index (χ0) is 15.9. The normalized spacial score (nSPS) is 22.9. The van der Waals surface area contributed by atoms with Crippen LogP contribution in [0.2, 0.25) is 0 Å². The quantitative estimate of drug-likeness (QED) is 0.646. The van der Waals surface area contributed by atoms with Gasteiger partial charge in [0.25, 0.3) is 0 Å². The molecular weight excluding hydrogens is 276 g/mol. The number of nitrogens with one attached hydrogen (secondary N) is 2. The molecule has 0 amide bonds. The van der Waals surface area contributed by atoms with Crippen molar-refractivity contribution in [3.05, 3.63) is 12.2 Å². The van der Waals surface area contributed by atoms with Crippen LogP contribution in [0, 0.1) is 11.8 Å². The molecule has 1 aliphatic rings. The standard InChI is InChI=1S/C16H30N6/c1-5-22-11-19-21-15(22)10-18-16(17-4)20-14-8-6-13(7-9-14)12(2)3/h11-14H,5-10H2,1-4H3,(H2,17,18,20). The average molecular weight is 306 g/mol. The van der Waals surface area contributed by atoms with E-state index in [1.807, 2.05) is 11.6 Å². The average Bonchev–Trinajstić information content (AvgIpc) is 2.99. The first-order valence-corrected chi connectivity index (χ1v) is 8.47. The van der Waals surface area contributed by atoms with Crippen molar-refractivity contribution in [1.29, 1.82) is 0 Å². The van der Waals surface area contributed by atoms with E-state index in [4.69, 9.17) is 0 Å². The Morgan fingerprint density at radius 1 is 1.36 bits per heavy atom. The van der Waals surface area contributed by atoms with E-state index in [-0.39, 0.29) is 0 Å². The summed E-state index contributed by atoms with van der Waals surface area (Å²) in [4.78, 5) is 4.33. The summed E-state index contributed by atoms with van der Waals surface area (Å²) in [7, 11) is 1.82. The van der Waals surface area contributed by atoms with Crippen LogP contribution in [0.25, 0.3) is 0 Å². The van der Waals surface area contributed by atoms with Gasteiger partial charge in [-0.25, -0.2) is 0 Å². The van der Waals surface area contributed by atoms with Crippen molar-refractivity contribution in [3.8, 4) is 0 Å². The summed E-state index contributed by atoms with van der Waals surface area (Å²) in [5.74, 6) is 3.49. The van der Waals surface area contributed by atoms with Crippen LogP contribution in [0.15, 0.2) is 11.3 Å². The second kappa shape index (κ2) is 8.15. The smallest absolute Gasteiger partial charge is 0.191 e. The molecule has 0 saturated heterocycles. The minimum absolute atomic E-state index is 0.533. The monoisotopic (exact) mass is 306 g/mol. The number of hydrogen-bond acceptors (Lipinski definition) is 3. The number of guanidine groups is 1. The third-order valence-corrected chi connectivity index (χ3v) is 4.73. The lowest BCUT2D eigenvalue weighted by Crippen LogP contribution is -2.45. The summed E-state index contributed by atoms with van der Waals surface area (Å²) in [5, 5.41) is 15.0. The first kappa shape index (κ1) is 16.8. The summed E-state index contributed by atoms with van der Waals surface area (Å²) < 4.78 is 2.04. The van der Waals surface area contributed by atoms with Gasteiger partial charge >= 0.3 is 0 Å². The number of rotatable bonds is 5. The molecule has 1 fully saturated rings. The van der Waals surface area contributed by atoms with Gasteiger partial charge in [0.2, 0.25) is 0 Å². The number of aryl methyl sites for hydroxylation is 1. The number of aromatic nitrogens is 3. The van der Waals surface area contributed by atoms with Gasteiger partial charge in [0, 0.05) is 19.6 Å². The number of nitrogens with zero attached hydrogens (tertiary/aromatic N) is 4. The maximum atomic E-state index is 4.33. The van der Waals surface area contributed by atoms with Crippen LogP contribution < -0.4 is 10.6 Å². The van der Waals surface area contributed by atoms with Gasteiger partial charge in [-0.1, -0.05) is 13.8 Å². The highest BCUT2D eigenvalue weighted by atomic mass is 15.3. The van der Waals surface area contributed by atoms with Crippen molar-refractivity contribution in [2.24, 2.45) is 16.8 Å². The summed E-state index contributed by atoms with van der Waals surface area (Å²) in [6, 6.07) is 0.533. The lowest BCUT2D eigenvalue weighted by molar-refractivity contribution is 0.250. The summed E-state index contributed by atoms with van der Waals surface area (Å²) >= 11 is 0. The molecule has 0 aromatic carbocycles. The molecule has 124 valence electrons. The number of aliphatic imine (C=N–C) groups is 1. The van der Waals surface area contributed by atoms with Crippen molar-refractivity contribution in [2.75, 3.05) is 7.05 Å². The molecule has 1 saturated carbocycles. The molecule has 0 bridgehead atoms. The lowest BCUT2D eigenvalue weighted by atomic mass is 9.80. The third-order valence-electron chi connectivity index (χ3n) is 4.73. The van der Waals surface area contributed by atoms with Gasteiger partial charge in [-0.3, -0.25) is 4.99 Å². The van der Waals surface area contributed by atoms with Crippen molar-refractivity contribution in [3.63, 3.8) is 0 Å². The Morgan fingerprint density at radius 2 is 2.09 bits per heavy atom. The van der Waals surface area contributed by atoms with Gasteiger partial charge in [-0.2, -0.15) is 0 Å². The van der Waals surface area contributed by atoms with Crippen LogP contribution in [0.3, 0.4) is 0 Å². The van der Waals surface area contributed by atoms with Crippen molar-refractivity contribution in [1.82, 2.24) is 25.4 Å². The molecular formula is C16H30N6.